The number of carbonyl (C=O) groups is 3. The molecule has 1 unspecified atom stereocenters. The summed E-state index contributed by atoms with van der Waals surface area (Å²) >= 11 is 0. The molecule has 0 aromatic heterocycles. The molecule has 2 amide bonds. The van der Waals surface area contributed by atoms with E-state index in [4.69, 9.17) is 0 Å². The molecule has 1 fully saturated rings. The highest BCUT2D eigenvalue weighted by Crippen LogP contribution is 2.36. The molecule has 0 saturated heterocycles. The normalized spacial score (nSPS) is 17.2. The third-order valence-corrected chi connectivity index (χ3v) is 5.49. The van der Waals surface area contributed by atoms with Crippen LogP contribution in [0.3, 0.4) is 0 Å². The molecule has 6 heteroatoms. The summed E-state index contributed by atoms with van der Waals surface area (Å²) in [6.45, 7) is 5.66. The van der Waals surface area contributed by atoms with E-state index < -0.39 is 17.4 Å². The highest BCUT2D eigenvalue weighted by molar-refractivity contribution is 5.98. The molecule has 0 heterocycles. The number of hydrogen-bond donors (Lipinski definition) is 3. The largest absolute Gasteiger partial charge is 0.481 e. The lowest BCUT2D eigenvalue weighted by Crippen LogP contribution is -2.53. The number of carboxylic acids is 1. The van der Waals surface area contributed by atoms with E-state index in [9.17, 15) is 19.5 Å². The summed E-state index contributed by atoms with van der Waals surface area (Å²) in [4.78, 5) is 37.1. The van der Waals surface area contributed by atoms with Crippen molar-refractivity contribution in [1.29, 1.82) is 0 Å². The van der Waals surface area contributed by atoms with Gasteiger partial charge in [0.25, 0.3) is 5.91 Å². The molecule has 0 spiro atoms. The molecule has 1 aromatic carbocycles. The minimum atomic E-state index is -0.893. The van der Waals surface area contributed by atoms with Gasteiger partial charge in [-0.1, -0.05) is 51.3 Å². The Morgan fingerprint density at radius 2 is 1.74 bits per heavy atom. The Morgan fingerprint density at radius 3 is 2.30 bits per heavy atom. The van der Waals surface area contributed by atoms with E-state index in [-0.39, 0.29) is 24.3 Å². The van der Waals surface area contributed by atoms with Gasteiger partial charge < -0.3 is 15.7 Å². The molecule has 0 radical (unpaired) electrons. The zero-order valence-electron chi connectivity index (χ0n) is 16.4. The van der Waals surface area contributed by atoms with Crippen molar-refractivity contribution in [1.82, 2.24) is 10.6 Å². The highest BCUT2D eigenvalue weighted by Gasteiger charge is 2.40. The van der Waals surface area contributed by atoms with Crippen LogP contribution < -0.4 is 10.6 Å². The highest BCUT2D eigenvalue weighted by atomic mass is 16.4. The number of hydrogen-bond acceptors (Lipinski definition) is 3. The van der Waals surface area contributed by atoms with Gasteiger partial charge >= 0.3 is 5.97 Å². The maximum atomic E-state index is 12.7. The SMILES string of the molecule is Cc1ccccc1C(=O)NC(C(=O)NCC1(C(=O)O)CCCCC1)C(C)C. The first-order valence-electron chi connectivity index (χ1n) is 9.64. The van der Waals surface area contributed by atoms with Crippen LogP contribution in [0.4, 0.5) is 0 Å². The maximum Gasteiger partial charge on any atom is 0.311 e. The first-order chi connectivity index (χ1) is 12.8. The van der Waals surface area contributed by atoms with Crippen LogP contribution in [0.2, 0.25) is 0 Å². The Balaban J connectivity index is 2.05. The van der Waals surface area contributed by atoms with Crippen LogP contribution in [0.15, 0.2) is 24.3 Å². The molecule has 148 valence electrons. The quantitative estimate of drug-likeness (QED) is 0.684. The van der Waals surface area contributed by atoms with Crippen LogP contribution in [0.25, 0.3) is 0 Å². The van der Waals surface area contributed by atoms with Crippen LogP contribution in [-0.4, -0.2) is 35.5 Å². The number of carbonyl (C=O) groups excluding carboxylic acids is 2. The zero-order chi connectivity index (χ0) is 20.0. The van der Waals surface area contributed by atoms with Gasteiger partial charge in [0.05, 0.1) is 5.41 Å². The lowest BCUT2D eigenvalue weighted by Gasteiger charge is -2.34. The minimum absolute atomic E-state index is 0.102. The van der Waals surface area contributed by atoms with Gasteiger partial charge in [0.15, 0.2) is 0 Å². The van der Waals surface area contributed by atoms with E-state index in [0.717, 1.165) is 24.8 Å². The fraction of sp³-hybridized carbons (Fsp3) is 0.571. The van der Waals surface area contributed by atoms with E-state index in [1.54, 1.807) is 12.1 Å². The minimum Gasteiger partial charge on any atom is -0.481 e. The van der Waals surface area contributed by atoms with Crippen molar-refractivity contribution in [3.63, 3.8) is 0 Å². The monoisotopic (exact) mass is 374 g/mol. The summed E-state index contributed by atoms with van der Waals surface area (Å²) in [5, 5.41) is 15.3. The second kappa shape index (κ2) is 9.02. The Hall–Kier alpha value is -2.37. The summed E-state index contributed by atoms with van der Waals surface area (Å²) in [5.74, 6) is -1.61. The van der Waals surface area contributed by atoms with E-state index in [2.05, 4.69) is 10.6 Å². The summed E-state index contributed by atoms with van der Waals surface area (Å²) in [6, 6.07) is 6.49. The lowest BCUT2D eigenvalue weighted by molar-refractivity contribution is -0.151. The molecule has 1 atom stereocenters. The topological polar surface area (TPSA) is 95.5 Å². The van der Waals surface area contributed by atoms with Gasteiger partial charge in [-0.2, -0.15) is 0 Å². The number of carboxylic acid groups (broad SMARTS) is 1. The Morgan fingerprint density at radius 1 is 1.11 bits per heavy atom. The van der Waals surface area contributed by atoms with Crippen LogP contribution >= 0.6 is 0 Å². The molecule has 0 aliphatic heterocycles. The number of benzene rings is 1. The molecule has 1 saturated carbocycles. The van der Waals surface area contributed by atoms with E-state index in [1.165, 1.54) is 0 Å². The fourth-order valence-corrected chi connectivity index (χ4v) is 3.64. The van der Waals surface area contributed by atoms with Crippen molar-refractivity contribution in [3.8, 4) is 0 Å². The fourth-order valence-electron chi connectivity index (χ4n) is 3.64. The third kappa shape index (κ3) is 5.08. The van der Waals surface area contributed by atoms with Crippen molar-refractivity contribution in [3.05, 3.63) is 35.4 Å². The first kappa shape index (κ1) is 20.9. The molecular weight excluding hydrogens is 344 g/mol. The van der Waals surface area contributed by atoms with Crippen molar-refractivity contribution >= 4 is 17.8 Å². The van der Waals surface area contributed by atoms with E-state index >= 15 is 0 Å². The van der Waals surface area contributed by atoms with E-state index in [0.29, 0.717) is 18.4 Å². The molecule has 2 rings (SSSR count). The summed E-state index contributed by atoms with van der Waals surface area (Å²) in [6.07, 6.45) is 3.90. The molecule has 1 aliphatic rings. The Bertz CT molecular complexity index is 693. The van der Waals surface area contributed by atoms with Crippen molar-refractivity contribution < 1.29 is 19.5 Å². The van der Waals surface area contributed by atoms with Crippen molar-refractivity contribution in [2.24, 2.45) is 11.3 Å². The average Bonchev–Trinajstić information content (AvgIpc) is 2.64. The summed E-state index contributed by atoms with van der Waals surface area (Å²) < 4.78 is 0. The Kier molecular flexibility index (Phi) is 6.99. The summed E-state index contributed by atoms with van der Waals surface area (Å²) in [7, 11) is 0. The number of amides is 2. The summed E-state index contributed by atoms with van der Waals surface area (Å²) in [5.41, 5.74) is 0.477. The van der Waals surface area contributed by atoms with Gasteiger partial charge in [0.2, 0.25) is 5.91 Å². The first-order valence-corrected chi connectivity index (χ1v) is 9.64. The molecule has 0 bridgehead atoms. The van der Waals surface area contributed by atoms with Gasteiger partial charge in [-0.25, -0.2) is 0 Å². The lowest BCUT2D eigenvalue weighted by atomic mass is 9.74. The smallest absolute Gasteiger partial charge is 0.311 e. The average molecular weight is 374 g/mol. The van der Waals surface area contributed by atoms with Gasteiger partial charge in [0, 0.05) is 12.1 Å². The van der Waals surface area contributed by atoms with Gasteiger partial charge in [-0.3, -0.25) is 14.4 Å². The predicted octanol–water partition coefficient (Wildman–Crippen LogP) is 2.90. The molecule has 27 heavy (non-hydrogen) atoms. The van der Waals surface area contributed by atoms with Crippen LogP contribution in [0.1, 0.15) is 61.9 Å². The van der Waals surface area contributed by atoms with Gasteiger partial charge in [-0.15, -0.1) is 0 Å². The molecule has 6 nitrogen and oxygen atoms in total. The van der Waals surface area contributed by atoms with Gasteiger partial charge in [-0.05, 0) is 37.3 Å². The number of aryl methyl sites for hydroxylation is 1. The van der Waals surface area contributed by atoms with Crippen molar-refractivity contribution in [2.75, 3.05) is 6.54 Å². The number of rotatable bonds is 7. The van der Waals surface area contributed by atoms with Crippen LogP contribution in [-0.2, 0) is 9.59 Å². The van der Waals surface area contributed by atoms with Crippen molar-refractivity contribution in [2.45, 2.75) is 58.9 Å². The number of nitrogens with one attached hydrogen (secondary N) is 2. The maximum absolute atomic E-state index is 12.7. The molecule has 1 aliphatic carbocycles. The molecular formula is C21H30N2O4. The molecule has 3 N–H and O–H groups in total. The van der Waals surface area contributed by atoms with Crippen LogP contribution in [0, 0.1) is 18.3 Å². The number of aliphatic carboxylic acids is 1. The third-order valence-electron chi connectivity index (χ3n) is 5.49. The Labute approximate surface area is 160 Å². The van der Waals surface area contributed by atoms with E-state index in [1.807, 2.05) is 32.9 Å². The molecule has 1 aromatic rings. The van der Waals surface area contributed by atoms with Gasteiger partial charge in [0.1, 0.15) is 6.04 Å². The standard InChI is InChI=1S/C21H30N2O4/c1-14(2)17(23-18(24)16-10-6-5-9-15(16)3)19(25)22-13-21(20(26)27)11-7-4-8-12-21/h5-6,9-10,14,17H,4,7-8,11-13H2,1-3H3,(H,22,25)(H,23,24)(H,26,27). The second-order valence-corrected chi connectivity index (χ2v) is 7.87. The zero-order valence-corrected chi connectivity index (χ0v) is 16.4. The predicted molar refractivity (Wildman–Crippen MR) is 103 cm³/mol. The second-order valence-electron chi connectivity index (χ2n) is 7.87. The van der Waals surface area contributed by atoms with Crippen LogP contribution in [0.5, 0.6) is 0 Å².